The summed E-state index contributed by atoms with van der Waals surface area (Å²) in [5.74, 6) is 0. The number of hydrogen-bond acceptors (Lipinski definition) is 8. The zero-order valence-electron chi connectivity index (χ0n) is 16.8. The molecule has 1 saturated heterocycles. The molecule has 0 aliphatic carbocycles. The smallest absolute Gasteiger partial charge is 0.297 e. The predicted octanol–water partition coefficient (Wildman–Crippen LogP) is 2.54. The molecule has 2 aromatic rings. The van der Waals surface area contributed by atoms with Gasteiger partial charge in [0.25, 0.3) is 20.2 Å². The van der Waals surface area contributed by atoms with Crippen molar-refractivity contribution < 1.29 is 34.7 Å². The number of ether oxygens (including phenoxy) is 2. The monoisotopic (exact) mass is 456 g/mol. The van der Waals surface area contributed by atoms with Crippen molar-refractivity contribution in [3.8, 4) is 0 Å². The van der Waals surface area contributed by atoms with Gasteiger partial charge in [-0.1, -0.05) is 35.4 Å². The molecule has 0 bridgehead atoms. The SMILES string of the molecule is CO[C@H]1C[C@@H](OS(=O)(=O)c2ccc(C)cc2)[C@H](COS(=O)(=O)c2ccc(C)cc2)O1. The molecule has 1 fully saturated rings. The van der Waals surface area contributed by atoms with E-state index in [4.69, 9.17) is 17.8 Å². The van der Waals surface area contributed by atoms with Crippen molar-refractivity contribution in [3.05, 3.63) is 59.7 Å². The number of rotatable bonds is 8. The first-order valence-corrected chi connectivity index (χ1v) is 12.1. The Morgan fingerprint density at radius 1 is 0.867 bits per heavy atom. The first kappa shape index (κ1) is 22.9. The zero-order chi connectivity index (χ0) is 21.9. The fourth-order valence-corrected chi connectivity index (χ4v) is 4.96. The summed E-state index contributed by atoms with van der Waals surface area (Å²) in [5.41, 5.74) is 1.82. The Kier molecular flexibility index (Phi) is 6.95. The second-order valence-electron chi connectivity index (χ2n) is 7.03. The second kappa shape index (κ2) is 9.13. The summed E-state index contributed by atoms with van der Waals surface area (Å²) < 4.78 is 71.3. The highest BCUT2D eigenvalue weighted by molar-refractivity contribution is 7.87. The molecule has 1 aliphatic heterocycles. The highest BCUT2D eigenvalue weighted by Gasteiger charge is 2.40. The van der Waals surface area contributed by atoms with Gasteiger partial charge in [0, 0.05) is 13.5 Å². The number of benzene rings is 2. The highest BCUT2D eigenvalue weighted by atomic mass is 32.2. The minimum Gasteiger partial charge on any atom is -0.356 e. The summed E-state index contributed by atoms with van der Waals surface area (Å²) in [7, 11) is -6.71. The van der Waals surface area contributed by atoms with Crippen molar-refractivity contribution in [2.75, 3.05) is 13.7 Å². The van der Waals surface area contributed by atoms with Crippen LogP contribution in [0, 0.1) is 13.8 Å². The lowest BCUT2D eigenvalue weighted by atomic mass is 10.2. The summed E-state index contributed by atoms with van der Waals surface area (Å²) >= 11 is 0. The number of aryl methyl sites for hydroxylation is 2. The molecule has 0 amide bonds. The maximum atomic E-state index is 12.6. The van der Waals surface area contributed by atoms with E-state index in [9.17, 15) is 16.8 Å². The van der Waals surface area contributed by atoms with Gasteiger partial charge in [0.05, 0.1) is 16.4 Å². The molecule has 1 aliphatic rings. The van der Waals surface area contributed by atoms with Crippen LogP contribution in [0.25, 0.3) is 0 Å². The van der Waals surface area contributed by atoms with E-state index >= 15 is 0 Å². The summed E-state index contributed by atoms with van der Waals surface area (Å²) in [6.07, 6.45) is -2.54. The van der Waals surface area contributed by atoms with Crippen LogP contribution < -0.4 is 0 Å². The largest absolute Gasteiger partial charge is 0.356 e. The molecule has 164 valence electrons. The standard InChI is InChI=1S/C20H24O8S2/c1-14-4-8-16(9-5-14)29(21,22)26-13-19-18(12-20(25-3)27-19)28-30(23,24)17-10-6-15(2)7-11-17/h4-11,18-20H,12-13H2,1-3H3/t18-,19+,20-/m1/s1. The van der Waals surface area contributed by atoms with Crippen molar-refractivity contribution in [3.63, 3.8) is 0 Å². The summed E-state index contributed by atoms with van der Waals surface area (Å²) in [5, 5.41) is 0. The predicted molar refractivity (Wildman–Crippen MR) is 108 cm³/mol. The van der Waals surface area contributed by atoms with Gasteiger partial charge in [-0.05, 0) is 38.1 Å². The highest BCUT2D eigenvalue weighted by Crippen LogP contribution is 2.28. The molecule has 1 heterocycles. The quantitative estimate of drug-likeness (QED) is 0.558. The Hall–Kier alpha value is -1.82. The fourth-order valence-electron chi connectivity index (χ4n) is 2.93. The Morgan fingerprint density at radius 2 is 1.37 bits per heavy atom. The van der Waals surface area contributed by atoms with Gasteiger partial charge < -0.3 is 9.47 Å². The lowest BCUT2D eigenvalue weighted by Crippen LogP contribution is -2.32. The third-order valence-corrected chi connectivity index (χ3v) is 7.33. The number of hydrogen-bond donors (Lipinski definition) is 0. The van der Waals surface area contributed by atoms with Gasteiger partial charge >= 0.3 is 0 Å². The van der Waals surface area contributed by atoms with Crippen LogP contribution in [0.2, 0.25) is 0 Å². The average molecular weight is 457 g/mol. The van der Waals surface area contributed by atoms with Crippen molar-refractivity contribution in [2.24, 2.45) is 0 Å². The molecular weight excluding hydrogens is 432 g/mol. The molecule has 0 unspecified atom stereocenters. The number of methoxy groups -OCH3 is 1. The van der Waals surface area contributed by atoms with Gasteiger partial charge in [0.2, 0.25) is 0 Å². The van der Waals surface area contributed by atoms with Crippen molar-refractivity contribution in [2.45, 2.75) is 48.6 Å². The first-order valence-electron chi connectivity index (χ1n) is 9.25. The summed E-state index contributed by atoms with van der Waals surface area (Å²) in [4.78, 5) is 0.0000425. The fraction of sp³-hybridized carbons (Fsp3) is 0.400. The molecule has 3 atom stereocenters. The molecule has 0 aromatic heterocycles. The summed E-state index contributed by atoms with van der Waals surface area (Å²) in [6, 6.07) is 12.4. The van der Waals surface area contributed by atoms with E-state index in [2.05, 4.69) is 0 Å². The van der Waals surface area contributed by atoms with E-state index in [-0.39, 0.29) is 16.2 Å². The van der Waals surface area contributed by atoms with Gasteiger partial charge in [0.15, 0.2) is 6.29 Å². The van der Waals surface area contributed by atoms with Crippen molar-refractivity contribution in [1.29, 1.82) is 0 Å². The lowest BCUT2D eigenvalue weighted by Gasteiger charge is -2.18. The van der Waals surface area contributed by atoms with Crippen LogP contribution >= 0.6 is 0 Å². The van der Waals surface area contributed by atoms with Gasteiger partial charge in [-0.2, -0.15) is 16.8 Å². The van der Waals surface area contributed by atoms with Crippen LogP contribution in [-0.2, 0) is 38.1 Å². The van der Waals surface area contributed by atoms with E-state index in [1.54, 1.807) is 24.3 Å². The molecule has 0 spiro atoms. The van der Waals surface area contributed by atoms with Crippen molar-refractivity contribution in [1.82, 2.24) is 0 Å². The van der Waals surface area contributed by atoms with E-state index in [0.29, 0.717) is 0 Å². The van der Waals surface area contributed by atoms with Crippen LogP contribution in [0.4, 0.5) is 0 Å². The Bertz CT molecular complexity index is 1060. The van der Waals surface area contributed by atoms with Gasteiger partial charge in [-0.25, -0.2) is 0 Å². The van der Waals surface area contributed by atoms with E-state index in [0.717, 1.165) is 11.1 Å². The molecule has 3 rings (SSSR count). The zero-order valence-corrected chi connectivity index (χ0v) is 18.5. The van der Waals surface area contributed by atoms with E-state index < -0.39 is 45.3 Å². The maximum absolute atomic E-state index is 12.6. The Balaban J connectivity index is 1.72. The minimum atomic E-state index is -4.08. The van der Waals surface area contributed by atoms with Crippen LogP contribution in [-0.4, -0.2) is 49.1 Å². The van der Waals surface area contributed by atoms with Crippen LogP contribution in [0.5, 0.6) is 0 Å². The first-order chi connectivity index (χ1) is 14.1. The third kappa shape index (κ3) is 5.45. The van der Waals surface area contributed by atoms with Crippen molar-refractivity contribution >= 4 is 20.2 Å². The average Bonchev–Trinajstić information content (AvgIpc) is 3.08. The Morgan fingerprint density at radius 3 is 1.87 bits per heavy atom. The lowest BCUT2D eigenvalue weighted by molar-refractivity contribution is -0.123. The van der Waals surface area contributed by atoms with Crippen LogP contribution in [0.1, 0.15) is 17.5 Å². The molecule has 0 N–H and O–H groups in total. The van der Waals surface area contributed by atoms with Crippen LogP contribution in [0.3, 0.4) is 0 Å². The molecule has 2 aromatic carbocycles. The second-order valence-corrected chi connectivity index (χ2v) is 10.2. The summed E-state index contributed by atoms with van der Waals surface area (Å²) in [6.45, 7) is 3.27. The normalized spacial score (nSPS) is 22.3. The molecule has 10 heteroatoms. The van der Waals surface area contributed by atoms with Gasteiger partial charge in [-0.15, -0.1) is 0 Å². The molecular formula is C20H24O8S2. The maximum Gasteiger partial charge on any atom is 0.297 e. The molecule has 0 radical (unpaired) electrons. The van der Waals surface area contributed by atoms with Gasteiger partial charge in [-0.3, -0.25) is 8.37 Å². The Labute approximate surface area is 177 Å². The van der Waals surface area contributed by atoms with E-state index in [1.165, 1.54) is 31.4 Å². The van der Waals surface area contributed by atoms with Gasteiger partial charge in [0.1, 0.15) is 12.2 Å². The molecule has 30 heavy (non-hydrogen) atoms. The minimum absolute atomic E-state index is 0.000802. The third-order valence-electron chi connectivity index (χ3n) is 4.69. The molecule has 8 nitrogen and oxygen atoms in total. The van der Waals surface area contributed by atoms with E-state index in [1.807, 2.05) is 13.8 Å². The topological polar surface area (TPSA) is 105 Å². The molecule has 0 saturated carbocycles. The van der Waals surface area contributed by atoms with Crippen LogP contribution in [0.15, 0.2) is 58.3 Å².